The minimum absolute atomic E-state index is 0.339. The Bertz CT molecular complexity index is 368. The molecule has 1 aromatic carbocycles. The molecule has 0 spiro atoms. The van der Waals surface area contributed by atoms with Gasteiger partial charge in [-0.05, 0) is 35.3 Å². The van der Waals surface area contributed by atoms with Gasteiger partial charge in [-0.25, -0.2) is 0 Å². The number of benzene rings is 1. The lowest BCUT2D eigenvalue weighted by Crippen LogP contribution is -2.02. The van der Waals surface area contributed by atoms with Gasteiger partial charge in [0.25, 0.3) is 0 Å². The van der Waals surface area contributed by atoms with Crippen LogP contribution in [0.2, 0.25) is 0 Å². The molecule has 0 N–H and O–H groups in total. The van der Waals surface area contributed by atoms with Gasteiger partial charge in [0.2, 0.25) is 0 Å². The third kappa shape index (κ3) is 2.13. The van der Waals surface area contributed by atoms with Crippen LogP contribution in [0.3, 0.4) is 0 Å². The van der Waals surface area contributed by atoms with Crippen LogP contribution in [0.25, 0.3) is 0 Å². The molecule has 3 atom stereocenters. The van der Waals surface area contributed by atoms with E-state index in [1.807, 2.05) is 6.26 Å². The zero-order valence-corrected chi connectivity index (χ0v) is 10.3. The standard InChI is InChI=1S/C15H20O/c1-12(13-7-5-4-6-8-13)14-11-15(14,2)9-10-16-3/h4-10,12,14H,11H2,1-3H3/b10-9+/t12-,14-,15+/m0/s1. The zero-order chi connectivity index (χ0) is 11.6. The molecule has 0 amide bonds. The second-order valence-electron chi connectivity index (χ2n) is 5.05. The van der Waals surface area contributed by atoms with E-state index in [0.29, 0.717) is 11.3 Å². The Morgan fingerprint density at radius 3 is 2.69 bits per heavy atom. The molecule has 0 unspecified atom stereocenters. The number of ether oxygens (including phenoxy) is 1. The highest BCUT2D eigenvalue weighted by Gasteiger charge is 2.50. The monoisotopic (exact) mass is 216 g/mol. The summed E-state index contributed by atoms with van der Waals surface area (Å²) in [5.41, 5.74) is 1.78. The third-order valence-electron chi connectivity index (χ3n) is 3.86. The van der Waals surface area contributed by atoms with Crippen molar-refractivity contribution in [2.75, 3.05) is 7.11 Å². The van der Waals surface area contributed by atoms with Crippen molar-refractivity contribution in [3.63, 3.8) is 0 Å². The van der Waals surface area contributed by atoms with Gasteiger partial charge < -0.3 is 4.74 Å². The molecule has 86 valence electrons. The van der Waals surface area contributed by atoms with Crippen LogP contribution in [0.4, 0.5) is 0 Å². The molecular weight excluding hydrogens is 196 g/mol. The molecule has 1 aliphatic rings. The lowest BCUT2D eigenvalue weighted by atomic mass is 9.91. The molecule has 1 aromatic rings. The fraction of sp³-hybridized carbons (Fsp3) is 0.467. The Labute approximate surface area is 98.1 Å². The molecule has 0 saturated heterocycles. The number of methoxy groups -OCH3 is 1. The fourth-order valence-electron chi connectivity index (χ4n) is 2.57. The first-order valence-corrected chi connectivity index (χ1v) is 5.93. The predicted molar refractivity (Wildman–Crippen MR) is 67.2 cm³/mol. The van der Waals surface area contributed by atoms with Crippen LogP contribution in [-0.2, 0) is 4.74 Å². The van der Waals surface area contributed by atoms with Crippen LogP contribution < -0.4 is 0 Å². The van der Waals surface area contributed by atoms with E-state index in [1.54, 1.807) is 7.11 Å². The summed E-state index contributed by atoms with van der Waals surface area (Å²) in [5.74, 6) is 1.38. The van der Waals surface area contributed by atoms with Crippen molar-refractivity contribution in [1.29, 1.82) is 0 Å². The maximum Gasteiger partial charge on any atom is 0.0790 e. The van der Waals surface area contributed by atoms with Crippen LogP contribution >= 0.6 is 0 Å². The normalized spacial score (nSPS) is 30.3. The minimum atomic E-state index is 0.339. The van der Waals surface area contributed by atoms with Crippen molar-refractivity contribution >= 4 is 0 Å². The smallest absolute Gasteiger partial charge is 0.0790 e. The van der Waals surface area contributed by atoms with E-state index in [9.17, 15) is 0 Å². The maximum absolute atomic E-state index is 5.01. The topological polar surface area (TPSA) is 9.23 Å². The summed E-state index contributed by atoms with van der Waals surface area (Å²) >= 11 is 0. The Kier molecular flexibility index (Phi) is 3.04. The summed E-state index contributed by atoms with van der Waals surface area (Å²) in [6.07, 6.45) is 5.29. The molecule has 1 fully saturated rings. The average Bonchev–Trinajstić information content (AvgIpc) is 3.00. The van der Waals surface area contributed by atoms with Crippen molar-refractivity contribution in [2.24, 2.45) is 11.3 Å². The lowest BCUT2D eigenvalue weighted by Gasteiger charge is -2.14. The van der Waals surface area contributed by atoms with Gasteiger partial charge in [-0.2, -0.15) is 0 Å². The molecule has 16 heavy (non-hydrogen) atoms. The molecule has 2 rings (SSSR count). The highest BCUT2D eigenvalue weighted by atomic mass is 16.5. The Morgan fingerprint density at radius 2 is 2.06 bits per heavy atom. The van der Waals surface area contributed by atoms with Crippen molar-refractivity contribution in [1.82, 2.24) is 0 Å². The first-order valence-electron chi connectivity index (χ1n) is 5.93. The van der Waals surface area contributed by atoms with Gasteiger partial charge in [0, 0.05) is 0 Å². The molecule has 0 aromatic heterocycles. The van der Waals surface area contributed by atoms with Gasteiger partial charge in [-0.1, -0.05) is 44.2 Å². The molecular formula is C15H20O. The van der Waals surface area contributed by atoms with Gasteiger partial charge in [0.15, 0.2) is 0 Å². The van der Waals surface area contributed by atoms with Gasteiger partial charge in [-0.3, -0.25) is 0 Å². The van der Waals surface area contributed by atoms with Gasteiger partial charge in [-0.15, -0.1) is 0 Å². The Morgan fingerprint density at radius 1 is 1.38 bits per heavy atom. The van der Waals surface area contributed by atoms with Gasteiger partial charge >= 0.3 is 0 Å². The summed E-state index contributed by atoms with van der Waals surface area (Å²) < 4.78 is 5.01. The van der Waals surface area contributed by atoms with Crippen LogP contribution in [0, 0.1) is 11.3 Å². The summed E-state index contributed by atoms with van der Waals surface area (Å²) in [6.45, 7) is 4.64. The summed E-state index contributed by atoms with van der Waals surface area (Å²) in [5, 5.41) is 0. The summed E-state index contributed by atoms with van der Waals surface area (Å²) in [7, 11) is 1.71. The third-order valence-corrected chi connectivity index (χ3v) is 3.86. The van der Waals surface area contributed by atoms with Crippen LogP contribution in [0.5, 0.6) is 0 Å². The van der Waals surface area contributed by atoms with Crippen LogP contribution in [-0.4, -0.2) is 7.11 Å². The maximum atomic E-state index is 5.01. The quantitative estimate of drug-likeness (QED) is 0.692. The van der Waals surface area contributed by atoms with Crippen LogP contribution in [0.15, 0.2) is 42.7 Å². The van der Waals surface area contributed by atoms with E-state index in [4.69, 9.17) is 4.74 Å². The predicted octanol–water partition coefficient (Wildman–Crippen LogP) is 3.98. The van der Waals surface area contributed by atoms with E-state index in [2.05, 4.69) is 50.3 Å². The first-order chi connectivity index (χ1) is 7.67. The molecule has 1 heteroatoms. The second-order valence-corrected chi connectivity index (χ2v) is 5.05. The van der Waals surface area contributed by atoms with Crippen molar-refractivity contribution in [2.45, 2.75) is 26.2 Å². The molecule has 0 bridgehead atoms. The van der Waals surface area contributed by atoms with E-state index in [-0.39, 0.29) is 0 Å². The van der Waals surface area contributed by atoms with E-state index < -0.39 is 0 Å². The number of hydrogen-bond acceptors (Lipinski definition) is 1. The Balaban J connectivity index is 2.04. The first kappa shape index (κ1) is 11.3. The molecule has 0 heterocycles. The van der Waals surface area contributed by atoms with Crippen molar-refractivity contribution in [3.8, 4) is 0 Å². The van der Waals surface area contributed by atoms with E-state index >= 15 is 0 Å². The molecule has 1 saturated carbocycles. The Hall–Kier alpha value is -1.24. The number of hydrogen-bond donors (Lipinski definition) is 0. The highest BCUT2D eigenvalue weighted by molar-refractivity contribution is 5.25. The summed E-state index contributed by atoms with van der Waals surface area (Å²) in [6, 6.07) is 10.8. The largest absolute Gasteiger partial charge is 0.505 e. The minimum Gasteiger partial charge on any atom is -0.505 e. The zero-order valence-electron chi connectivity index (χ0n) is 10.3. The molecule has 1 aliphatic carbocycles. The number of allylic oxidation sites excluding steroid dienone is 1. The number of rotatable bonds is 4. The van der Waals surface area contributed by atoms with Gasteiger partial charge in [0.1, 0.15) is 0 Å². The second kappa shape index (κ2) is 4.32. The molecule has 0 aliphatic heterocycles. The van der Waals surface area contributed by atoms with Gasteiger partial charge in [0.05, 0.1) is 13.4 Å². The van der Waals surface area contributed by atoms with E-state index in [1.165, 1.54) is 12.0 Å². The summed E-state index contributed by atoms with van der Waals surface area (Å²) in [4.78, 5) is 0. The fourth-order valence-corrected chi connectivity index (χ4v) is 2.57. The molecule has 1 nitrogen and oxygen atoms in total. The van der Waals surface area contributed by atoms with Crippen molar-refractivity contribution in [3.05, 3.63) is 48.2 Å². The molecule has 0 radical (unpaired) electrons. The lowest BCUT2D eigenvalue weighted by molar-refractivity contribution is 0.332. The van der Waals surface area contributed by atoms with Crippen molar-refractivity contribution < 1.29 is 4.74 Å². The van der Waals surface area contributed by atoms with E-state index in [0.717, 1.165) is 5.92 Å². The van der Waals surface area contributed by atoms with Crippen LogP contribution in [0.1, 0.15) is 31.7 Å². The highest BCUT2D eigenvalue weighted by Crippen LogP contribution is 2.59. The average molecular weight is 216 g/mol. The SMILES string of the molecule is CO/C=C/[C@]1(C)C[C@H]1[C@@H](C)c1ccccc1.